The molecule has 6 heteroatoms. The number of hydrogen-bond donors (Lipinski definition) is 1. The fraction of sp³-hybridized carbons (Fsp3) is 0.294. The van der Waals surface area contributed by atoms with Crippen LogP contribution in [0, 0.1) is 0 Å². The number of rotatable bonds is 8. The molecule has 0 aliphatic carbocycles. The number of nitrogens with one attached hydrogen (secondary N) is 1. The number of unbranched alkanes of at least 4 members (excludes halogenated alkanes) is 1. The molecule has 4 nitrogen and oxygen atoms in total. The summed E-state index contributed by atoms with van der Waals surface area (Å²) in [6, 6.07) is 14.1. The molecular weight excluding hydrogens is 333 g/mol. The molecule has 2 aromatic rings. The maximum absolute atomic E-state index is 12.5. The van der Waals surface area contributed by atoms with Crippen LogP contribution in [0.25, 0.3) is 0 Å². The predicted octanol–water partition coefficient (Wildman–Crippen LogP) is 5.83. The molecule has 124 valence electrons. The average molecular weight is 354 g/mol. The number of hydrogen-bond acceptors (Lipinski definition) is 3. The third-order valence-corrected chi connectivity index (χ3v) is 4.52. The second-order valence-electron chi connectivity index (χ2n) is 5.23. The lowest BCUT2D eigenvalue weighted by Gasteiger charge is -2.17. The summed E-state index contributed by atoms with van der Waals surface area (Å²) in [6.45, 7) is 4.36. The maximum atomic E-state index is 12.5. The van der Waals surface area contributed by atoms with E-state index in [1.165, 1.54) is 6.66 Å². The molecular formula is C17H21ClNO3P. The van der Waals surface area contributed by atoms with Crippen molar-refractivity contribution in [3.63, 3.8) is 0 Å². The van der Waals surface area contributed by atoms with Crippen LogP contribution in [0.1, 0.15) is 19.8 Å². The molecule has 0 unspecified atom stereocenters. The van der Waals surface area contributed by atoms with Crippen molar-refractivity contribution < 1.29 is 13.8 Å². The van der Waals surface area contributed by atoms with Crippen LogP contribution in [0.4, 0.5) is 5.69 Å². The van der Waals surface area contributed by atoms with E-state index >= 15 is 0 Å². The van der Waals surface area contributed by atoms with Crippen LogP contribution in [0.3, 0.4) is 0 Å². The molecule has 2 rings (SSSR count). The van der Waals surface area contributed by atoms with Gasteiger partial charge in [0.05, 0.1) is 6.61 Å². The molecule has 0 amide bonds. The lowest BCUT2D eigenvalue weighted by atomic mass is 10.3. The highest BCUT2D eigenvalue weighted by atomic mass is 35.5. The van der Waals surface area contributed by atoms with Gasteiger partial charge in [0.25, 0.3) is 0 Å². The normalized spacial score (nSPS) is 13.2. The van der Waals surface area contributed by atoms with Gasteiger partial charge in [-0.1, -0.05) is 24.9 Å². The van der Waals surface area contributed by atoms with Gasteiger partial charge in [-0.15, -0.1) is 0 Å². The molecule has 0 heterocycles. The topological polar surface area (TPSA) is 47.6 Å². The van der Waals surface area contributed by atoms with Crippen molar-refractivity contribution in [3.05, 3.63) is 53.6 Å². The third-order valence-electron chi connectivity index (χ3n) is 3.05. The average Bonchev–Trinajstić information content (AvgIpc) is 2.51. The lowest BCUT2D eigenvalue weighted by molar-refractivity contribution is 0.309. The molecule has 0 aliphatic heterocycles. The Balaban J connectivity index is 1.94. The Labute approximate surface area is 142 Å². The van der Waals surface area contributed by atoms with E-state index in [0.29, 0.717) is 23.1 Å². The van der Waals surface area contributed by atoms with Crippen molar-refractivity contribution in [1.29, 1.82) is 0 Å². The molecule has 0 fully saturated rings. The van der Waals surface area contributed by atoms with E-state index in [2.05, 4.69) is 12.0 Å². The molecule has 0 radical (unpaired) electrons. The first-order valence-electron chi connectivity index (χ1n) is 7.52. The molecule has 0 aliphatic rings. The Kier molecular flexibility index (Phi) is 6.37. The zero-order valence-electron chi connectivity index (χ0n) is 13.3. The Bertz CT molecular complexity index is 659. The van der Waals surface area contributed by atoms with Crippen LogP contribution < -0.4 is 14.3 Å². The Morgan fingerprint density at radius 2 is 1.65 bits per heavy atom. The van der Waals surface area contributed by atoms with Crippen LogP contribution >= 0.6 is 19.1 Å². The minimum Gasteiger partial charge on any atom is -0.494 e. The van der Waals surface area contributed by atoms with Crippen molar-refractivity contribution in [2.45, 2.75) is 19.8 Å². The molecule has 0 bridgehead atoms. The summed E-state index contributed by atoms with van der Waals surface area (Å²) in [5, 5.41) is 3.53. The summed E-state index contributed by atoms with van der Waals surface area (Å²) in [5.74, 6) is 1.31. The van der Waals surface area contributed by atoms with Crippen molar-refractivity contribution >= 4 is 24.8 Å². The number of benzene rings is 2. The molecule has 1 N–H and O–H groups in total. The Hall–Kier alpha value is -1.64. The summed E-state index contributed by atoms with van der Waals surface area (Å²) >= 11 is 5.82. The van der Waals surface area contributed by atoms with Crippen LogP contribution in [0.5, 0.6) is 11.5 Å². The van der Waals surface area contributed by atoms with Gasteiger partial charge in [0, 0.05) is 17.4 Å². The predicted molar refractivity (Wildman–Crippen MR) is 96.1 cm³/mol. The van der Waals surface area contributed by atoms with Crippen molar-refractivity contribution in [3.8, 4) is 11.5 Å². The molecule has 1 atom stereocenters. The number of ether oxygens (including phenoxy) is 1. The second kappa shape index (κ2) is 8.28. The lowest BCUT2D eigenvalue weighted by Crippen LogP contribution is -2.02. The summed E-state index contributed by atoms with van der Waals surface area (Å²) in [4.78, 5) is 0. The summed E-state index contributed by atoms with van der Waals surface area (Å²) in [5.41, 5.74) is 0.715. The summed E-state index contributed by atoms with van der Waals surface area (Å²) in [7, 11) is -3.03. The van der Waals surface area contributed by atoms with Gasteiger partial charge in [-0.2, -0.15) is 0 Å². The van der Waals surface area contributed by atoms with E-state index in [-0.39, 0.29) is 0 Å². The fourth-order valence-corrected chi connectivity index (χ4v) is 3.23. The first-order valence-corrected chi connectivity index (χ1v) is 9.97. The zero-order chi connectivity index (χ0) is 16.7. The van der Waals surface area contributed by atoms with Crippen LogP contribution in [-0.2, 0) is 4.57 Å². The van der Waals surface area contributed by atoms with Gasteiger partial charge >= 0.3 is 7.52 Å². The minimum atomic E-state index is -3.03. The largest absolute Gasteiger partial charge is 0.494 e. The molecule has 0 saturated carbocycles. The maximum Gasteiger partial charge on any atom is 0.338 e. The van der Waals surface area contributed by atoms with Gasteiger partial charge in [-0.3, -0.25) is 4.57 Å². The molecule has 23 heavy (non-hydrogen) atoms. The molecule has 0 aromatic heterocycles. The second-order valence-corrected chi connectivity index (χ2v) is 7.76. The smallest absolute Gasteiger partial charge is 0.338 e. The summed E-state index contributed by atoms with van der Waals surface area (Å²) in [6.07, 6.45) is 2.12. The fourth-order valence-electron chi connectivity index (χ4n) is 1.91. The van der Waals surface area contributed by atoms with Crippen LogP contribution in [-0.4, -0.2) is 13.3 Å². The third kappa shape index (κ3) is 6.17. The minimum absolute atomic E-state index is 0.507. The SMILES string of the molecule is CCCCOc1ccc(N[P@@](C)(=O)Oc2ccc(Cl)cc2)cc1. The number of anilines is 1. The van der Waals surface area contributed by atoms with Gasteiger partial charge in [0.2, 0.25) is 0 Å². The first-order chi connectivity index (χ1) is 11.0. The molecule has 0 saturated heterocycles. The van der Waals surface area contributed by atoms with Crippen LogP contribution in [0.15, 0.2) is 48.5 Å². The van der Waals surface area contributed by atoms with Gasteiger partial charge < -0.3 is 14.3 Å². The first kappa shape index (κ1) is 17.7. The highest BCUT2D eigenvalue weighted by molar-refractivity contribution is 7.60. The monoisotopic (exact) mass is 353 g/mol. The Morgan fingerprint density at radius 1 is 1.04 bits per heavy atom. The van der Waals surface area contributed by atoms with Crippen molar-refractivity contribution in [2.75, 3.05) is 18.4 Å². The summed E-state index contributed by atoms with van der Waals surface area (Å²) < 4.78 is 23.7. The van der Waals surface area contributed by atoms with Gasteiger partial charge in [0.1, 0.15) is 11.5 Å². The van der Waals surface area contributed by atoms with E-state index in [1.54, 1.807) is 24.3 Å². The highest BCUT2D eigenvalue weighted by Crippen LogP contribution is 2.43. The Morgan fingerprint density at radius 3 is 2.26 bits per heavy atom. The zero-order valence-corrected chi connectivity index (χ0v) is 14.9. The van der Waals surface area contributed by atoms with E-state index in [0.717, 1.165) is 18.6 Å². The van der Waals surface area contributed by atoms with E-state index in [4.69, 9.17) is 20.9 Å². The van der Waals surface area contributed by atoms with Crippen LogP contribution in [0.2, 0.25) is 5.02 Å². The van der Waals surface area contributed by atoms with Crippen molar-refractivity contribution in [1.82, 2.24) is 0 Å². The van der Waals surface area contributed by atoms with E-state index < -0.39 is 7.52 Å². The van der Waals surface area contributed by atoms with E-state index in [9.17, 15) is 4.57 Å². The van der Waals surface area contributed by atoms with E-state index in [1.807, 2.05) is 24.3 Å². The molecule has 2 aromatic carbocycles. The van der Waals surface area contributed by atoms with Gasteiger partial charge in [-0.25, -0.2) is 0 Å². The van der Waals surface area contributed by atoms with Gasteiger partial charge in [-0.05, 0) is 55.0 Å². The molecule has 0 spiro atoms. The van der Waals surface area contributed by atoms with Gasteiger partial charge in [0.15, 0.2) is 0 Å². The number of halogens is 1. The van der Waals surface area contributed by atoms with Crippen molar-refractivity contribution in [2.24, 2.45) is 0 Å². The standard InChI is InChI=1S/C17H21ClNO3P/c1-3-4-13-21-16-11-7-15(8-12-16)19-23(2,20)22-17-9-5-14(18)6-10-17/h5-12H,3-4,13H2,1-2H3,(H,19,20)/t23-/m0/s1. The highest BCUT2D eigenvalue weighted by Gasteiger charge is 2.17. The quantitative estimate of drug-likeness (QED) is 0.479.